The molecular formula is C20H30N4NaO16P. The number of carboxylic acids is 1. The van der Waals surface area contributed by atoms with Gasteiger partial charge < -0.3 is 61.0 Å². The molecule has 2 aliphatic heterocycles. The van der Waals surface area contributed by atoms with E-state index in [1.54, 1.807) is 0 Å². The van der Waals surface area contributed by atoms with Crippen molar-refractivity contribution in [3.63, 3.8) is 0 Å². The summed E-state index contributed by atoms with van der Waals surface area (Å²) in [7, 11) is -5.53. The van der Waals surface area contributed by atoms with Gasteiger partial charge in [-0.05, 0) is 18.9 Å². The van der Waals surface area contributed by atoms with Crippen molar-refractivity contribution in [2.75, 3.05) is 18.9 Å². The molecule has 22 heteroatoms. The van der Waals surface area contributed by atoms with E-state index in [1.165, 1.54) is 6.07 Å². The molecule has 3 heterocycles. The average molecular weight is 636 g/mol. The first-order chi connectivity index (χ1) is 19.0. The minimum atomic E-state index is -5.53. The van der Waals surface area contributed by atoms with Gasteiger partial charge >= 0.3 is 49.0 Å². The van der Waals surface area contributed by atoms with E-state index in [0.717, 1.165) is 17.7 Å². The second-order valence-corrected chi connectivity index (χ2v) is 10.6. The summed E-state index contributed by atoms with van der Waals surface area (Å²) in [6.07, 6.45) is -14.8. The number of nitrogens with two attached hydrogens (primary N) is 1. The third-order valence-electron chi connectivity index (χ3n) is 6.24. The van der Waals surface area contributed by atoms with E-state index in [0.29, 0.717) is 0 Å². The Hall–Kier alpha value is -1.59. The number of phosphoric ester groups is 1. The molecule has 2 aliphatic rings. The van der Waals surface area contributed by atoms with Crippen LogP contribution < -0.4 is 46.1 Å². The zero-order valence-corrected chi connectivity index (χ0v) is 25.1. The van der Waals surface area contributed by atoms with E-state index >= 15 is 0 Å². The van der Waals surface area contributed by atoms with E-state index in [4.69, 9.17) is 24.3 Å². The number of hydrogen-bond acceptors (Lipinski definition) is 17. The molecule has 42 heavy (non-hydrogen) atoms. The van der Waals surface area contributed by atoms with Gasteiger partial charge in [-0.3, -0.25) is 14.1 Å². The number of carboxylic acid groups (broad SMARTS) is 1. The monoisotopic (exact) mass is 636 g/mol. The van der Waals surface area contributed by atoms with Gasteiger partial charge in [-0.25, -0.2) is 18.7 Å². The number of rotatable bonds is 11. The van der Waals surface area contributed by atoms with E-state index in [2.05, 4.69) is 9.98 Å². The van der Waals surface area contributed by atoms with Crippen molar-refractivity contribution >= 4 is 25.5 Å². The molecule has 0 saturated carbocycles. The number of aliphatic hydroxyl groups is 6. The van der Waals surface area contributed by atoms with Crippen LogP contribution in [0.5, 0.6) is 0 Å². The topological polar surface area (TPSA) is 329 Å². The maximum Gasteiger partial charge on any atom is 1.00 e. The molecule has 0 amide bonds. The molecule has 0 radical (unpaired) electrons. The third-order valence-corrected chi connectivity index (χ3v) is 7.24. The van der Waals surface area contributed by atoms with Crippen LogP contribution in [0.25, 0.3) is 0 Å². The van der Waals surface area contributed by atoms with Crippen LogP contribution in [-0.4, -0.2) is 130 Å². The molecule has 1 aromatic heterocycles. The summed E-state index contributed by atoms with van der Waals surface area (Å²) in [6, 6.07) is -0.490. The number of phosphoric acid groups is 1. The fraction of sp³-hybridized carbons (Fsp3) is 0.700. The Morgan fingerprint density at radius 1 is 1.36 bits per heavy atom. The SMILES string of the molecule is CC([O-])=N[C@H]1[C@H]([C@H](O)[C@H](O)CO)O[C@](OP(=O)(O)OC[C@H]2O[C@@H](n3ccc(N)nc3=O)[C@H](O)[C@@H]2O)(C(=O)O)C[C@@H]1O.[Na+]. The van der Waals surface area contributed by atoms with E-state index < -0.39 is 106 Å². The Morgan fingerprint density at radius 2 is 2.00 bits per heavy atom. The van der Waals surface area contributed by atoms with Crippen molar-refractivity contribution in [2.24, 2.45) is 4.99 Å². The van der Waals surface area contributed by atoms with Gasteiger partial charge in [-0.2, -0.15) is 4.98 Å². The molecule has 0 bridgehead atoms. The fourth-order valence-electron chi connectivity index (χ4n) is 4.25. The first-order valence-electron chi connectivity index (χ1n) is 11.8. The molecule has 2 fully saturated rings. The van der Waals surface area contributed by atoms with Crippen LogP contribution in [-0.2, 0) is 27.9 Å². The Morgan fingerprint density at radius 3 is 2.55 bits per heavy atom. The number of carbonyl (C=O) groups is 1. The molecule has 0 aromatic carbocycles. The average Bonchev–Trinajstić information content (AvgIpc) is 3.16. The van der Waals surface area contributed by atoms with Crippen LogP contribution in [0, 0.1) is 0 Å². The number of aliphatic imine (C=N–C) groups is 1. The third kappa shape index (κ3) is 8.11. The molecule has 20 nitrogen and oxygen atoms in total. The van der Waals surface area contributed by atoms with Gasteiger partial charge in [-0.1, -0.05) is 0 Å². The maximum atomic E-state index is 12.8. The predicted octanol–water partition coefficient (Wildman–Crippen LogP) is -8.63. The number of hydrogen-bond donors (Lipinski definition) is 9. The smallest absolute Gasteiger partial charge is 0.862 e. The summed E-state index contributed by atoms with van der Waals surface area (Å²) < 4.78 is 33.7. The first-order valence-corrected chi connectivity index (χ1v) is 13.3. The molecule has 2 saturated heterocycles. The van der Waals surface area contributed by atoms with Crippen molar-refractivity contribution < 1.29 is 103 Å². The van der Waals surface area contributed by atoms with E-state index in [1.807, 2.05) is 0 Å². The molecule has 10 N–H and O–H groups in total. The van der Waals surface area contributed by atoms with Gasteiger partial charge in [-0.15, -0.1) is 0 Å². The minimum Gasteiger partial charge on any atom is -0.862 e. The molecule has 232 valence electrons. The van der Waals surface area contributed by atoms with Crippen LogP contribution in [0.3, 0.4) is 0 Å². The number of nitrogen functional groups attached to an aromatic ring is 1. The molecule has 1 aromatic rings. The van der Waals surface area contributed by atoms with Crippen LogP contribution in [0.4, 0.5) is 5.82 Å². The maximum absolute atomic E-state index is 12.8. The van der Waals surface area contributed by atoms with Crippen molar-refractivity contribution in [3.8, 4) is 0 Å². The van der Waals surface area contributed by atoms with Crippen LogP contribution in [0.1, 0.15) is 19.6 Å². The van der Waals surface area contributed by atoms with Crippen molar-refractivity contribution in [1.29, 1.82) is 0 Å². The Bertz CT molecular complexity index is 1230. The van der Waals surface area contributed by atoms with E-state index in [-0.39, 0.29) is 35.4 Å². The zero-order chi connectivity index (χ0) is 30.9. The largest absolute Gasteiger partial charge is 1.00 e. The summed E-state index contributed by atoms with van der Waals surface area (Å²) in [4.78, 5) is 41.5. The number of anilines is 1. The summed E-state index contributed by atoms with van der Waals surface area (Å²) in [5, 5.41) is 81.9. The Balaban J connectivity index is 0.00000616. The normalized spacial score (nSPS) is 34.7. The Labute approximate surface area is 258 Å². The van der Waals surface area contributed by atoms with Gasteiger partial charge in [0.25, 0.3) is 5.79 Å². The Kier molecular flexibility index (Phi) is 12.6. The fourth-order valence-corrected chi connectivity index (χ4v) is 5.21. The summed E-state index contributed by atoms with van der Waals surface area (Å²) in [6.45, 7) is -1.12. The number of aromatic nitrogens is 2. The second kappa shape index (κ2) is 14.5. The van der Waals surface area contributed by atoms with Gasteiger partial charge in [0.2, 0.25) is 0 Å². The molecule has 1 unspecified atom stereocenters. The van der Waals surface area contributed by atoms with E-state index in [9.17, 15) is 59.9 Å². The summed E-state index contributed by atoms with van der Waals surface area (Å²) in [5.41, 5.74) is 4.46. The summed E-state index contributed by atoms with van der Waals surface area (Å²) >= 11 is 0. The van der Waals surface area contributed by atoms with Gasteiger partial charge in [0.1, 0.15) is 48.5 Å². The van der Waals surface area contributed by atoms with Gasteiger partial charge in [0, 0.05) is 12.6 Å². The van der Waals surface area contributed by atoms with Crippen molar-refractivity contribution in [2.45, 2.75) is 74.1 Å². The quantitative estimate of drug-likeness (QED) is 0.0471. The molecule has 11 atom stereocenters. The molecule has 0 aliphatic carbocycles. The molecule has 3 rings (SSSR count). The van der Waals surface area contributed by atoms with Gasteiger partial charge in [0.05, 0.1) is 19.3 Å². The number of aliphatic hydroxyl groups excluding tert-OH is 6. The summed E-state index contributed by atoms with van der Waals surface area (Å²) in [5.74, 6) is -6.36. The van der Waals surface area contributed by atoms with Crippen molar-refractivity contribution in [1.82, 2.24) is 9.55 Å². The number of aliphatic carboxylic acids is 1. The first kappa shape index (κ1) is 36.6. The van der Waals surface area contributed by atoms with Crippen LogP contribution >= 0.6 is 7.82 Å². The standard InChI is InChI=1S/C20H31N4O16P.Na/c1-7(26)22-12-8(27)4-20(18(32)33,39-16(12)13(29)9(28)5-25)40-41(35,36)37-6-10-14(30)15(31)17(38-10)24-3-2-11(21)23-19(24)34;/h2-3,8-10,12-17,25,27-31H,4-6H2,1H3,(H,22,26)(H,32,33)(H,35,36)(H2,21,23,34);/q;+1/p-1/t8-,9+,10+,12+,13+,14+,15+,16+,17+,20+;/m0./s1. The van der Waals surface area contributed by atoms with Crippen molar-refractivity contribution in [3.05, 3.63) is 22.7 Å². The number of ether oxygens (including phenoxy) is 2. The van der Waals surface area contributed by atoms with Crippen LogP contribution in [0.15, 0.2) is 22.1 Å². The zero-order valence-electron chi connectivity index (χ0n) is 22.2. The molecular weight excluding hydrogens is 606 g/mol. The minimum absolute atomic E-state index is 0. The predicted molar refractivity (Wildman–Crippen MR) is 128 cm³/mol. The van der Waals surface area contributed by atoms with Gasteiger partial charge in [0.15, 0.2) is 6.23 Å². The molecule has 0 spiro atoms. The van der Waals surface area contributed by atoms with Crippen LogP contribution in [0.2, 0.25) is 0 Å². The number of nitrogens with zero attached hydrogens (tertiary/aromatic N) is 3. The second-order valence-electron chi connectivity index (χ2n) is 9.24.